The minimum atomic E-state index is -1.00. The summed E-state index contributed by atoms with van der Waals surface area (Å²) in [5, 5.41) is 5.54. The molecule has 1 fully saturated rings. The van der Waals surface area contributed by atoms with Crippen molar-refractivity contribution in [2.24, 2.45) is 0 Å². The molecule has 4 amide bonds. The largest absolute Gasteiger partial charge is 0.355 e. The predicted molar refractivity (Wildman–Crippen MR) is 84.6 cm³/mol. The van der Waals surface area contributed by atoms with E-state index < -0.39 is 11.6 Å². The third-order valence-corrected chi connectivity index (χ3v) is 4.52. The summed E-state index contributed by atoms with van der Waals surface area (Å²) in [4.78, 5) is 38.1. The maximum atomic E-state index is 12.9. The molecule has 1 aliphatic carbocycles. The molecule has 0 radical (unpaired) electrons. The average Bonchev–Trinajstić information content (AvgIpc) is 2.78. The molecule has 1 atom stereocenters. The first-order valence-electron chi connectivity index (χ1n) is 8.07. The van der Waals surface area contributed by atoms with Crippen molar-refractivity contribution in [1.82, 2.24) is 15.5 Å². The van der Waals surface area contributed by atoms with Crippen LogP contribution in [0.5, 0.6) is 0 Å². The molecule has 6 heteroatoms. The minimum absolute atomic E-state index is 0.228. The van der Waals surface area contributed by atoms with Gasteiger partial charge in [0.25, 0.3) is 5.91 Å². The Balaban J connectivity index is 1.86. The zero-order valence-corrected chi connectivity index (χ0v) is 13.2. The van der Waals surface area contributed by atoms with Crippen LogP contribution < -0.4 is 10.6 Å². The van der Waals surface area contributed by atoms with Gasteiger partial charge >= 0.3 is 6.03 Å². The number of fused-ring (bicyclic) bond motifs is 2. The number of amides is 4. The van der Waals surface area contributed by atoms with Crippen LogP contribution in [-0.2, 0) is 21.5 Å². The molecule has 23 heavy (non-hydrogen) atoms. The second-order valence-corrected chi connectivity index (χ2v) is 6.09. The first-order chi connectivity index (χ1) is 11.1. The van der Waals surface area contributed by atoms with Crippen LogP contribution in [0, 0.1) is 0 Å². The van der Waals surface area contributed by atoms with E-state index in [1.54, 1.807) is 0 Å². The van der Waals surface area contributed by atoms with Gasteiger partial charge in [-0.15, -0.1) is 0 Å². The van der Waals surface area contributed by atoms with Gasteiger partial charge in [0.1, 0.15) is 12.1 Å². The van der Waals surface area contributed by atoms with Crippen molar-refractivity contribution in [3.8, 4) is 0 Å². The highest BCUT2D eigenvalue weighted by molar-refractivity contribution is 6.09. The van der Waals surface area contributed by atoms with E-state index in [0.717, 1.165) is 35.3 Å². The first-order valence-corrected chi connectivity index (χ1v) is 8.07. The van der Waals surface area contributed by atoms with Gasteiger partial charge in [-0.25, -0.2) is 4.79 Å². The predicted octanol–water partition coefficient (Wildman–Crippen LogP) is 1.30. The Bertz CT molecular complexity index is 658. The number of nitrogens with zero attached hydrogens (tertiary/aromatic N) is 1. The van der Waals surface area contributed by atoms with E-state index in [2.05, 4.69) is 10.6 Å². The summed E-state index contributed by atoms with van der Waals surface area (Å²) >= 11 is 0. The van der Waals surface area contributed by atoms with E-state index in [1.165, 1.54) is 0 Å². The molecule has 1 aromatic carbocycles. The number of nitrogens with one attached hydrogen (secondary N) is 2. The Hall–Kier alpha value is -2.37. The Morgan fingerprint density at radius 1 is 1.35 bits per heavy atom. The molecule has 6 nitrogen and oxygen atoms in total. The number of hydrogen-bond acceptors (Lipinski definition) is 3. The number of urea groups is 1. The van der Waals surface area contributed by atoms with E-state index in [1.807, 2.05) is 31.2 Å². The zero-order valence-electron chi connectivity index (χ0n) is 13.2. The molecule has 3 rings (SSSR count). The molecular weight excluding hydrogens is 294 g/mol. The maximum Gasteiger partial charge on any atom is 0.325 e. The van der Waals surface area contributed by atoms with E-state index in [9.17, 15) is 14.4 Å². The molecule has 122 valence electrons. The third-order valence-electron chi connectivity index (χ3n) is 4.52. The molecular formula is C17H21N3O3. The van der Waals surface area contributed by atoms with Crippen LogP contribution in [0.25, 0.3) is 0 Å². The number of benzene rings is 1. The number of carbonyl (C=O) groups is 3. The Kier molecular flexibility index (Phi) is 4.07. The number of aryl methyl sites for hydroxylation is 1. The van der Waals surface area contributed by atoms with Gasteiger partial charge < -0.3 is 10.6 Å². The molecule has 0 bridgehead atoms. The lowest BCUT2D eigenvalue weighted by Gasteiger charge is -2.33. The fourth-order valence-electron chi connectivity index (χ4n) is 3.42. The molecule has 1 unspecified atom stereocenters. The maximum absolute atomic E-state index is 12.9. The highest BCUT2D eigenvalue weighted by atomic mass is 16.2. The van der Waals surface area contributed by atoms with Crippen molar-refractivity contribution in [2.75, 3.05) is 13.1 Å². The molecule has 0 aromatic heterocycles. The van der Waals surface area contributed by atoms with Crippen molar-refractivity contribution in [3.05, 3.63) is 35.4 Å². The summed E-state index contributed by atoms with van der Waals surface area (Å²) < 4.78 is 0. The van der Waals surface area contributed by atoms with Gasteiger partial charge in [0.2, 0.25) is 5.91 Å². The summed E-state index contributed by atoms with van der Waals surface area (Å²) in [6.07, 6.45) is 3.11. The summed E-state index contributed by atoms with van der Waals surface area (Å²) in [5.74, 6) is -0.627. The molecule has 0 saturated carbocycles. The smallest absolute Gasteiger partial charge is 0.325 e. The van der Waals surface area contributed by atoms with Crippen molar-refractivity contribution in [3.63, 3.8) is 0 Å². The SMILES string of the molecule is CCCNC(=O)CN1C(=O)NC2(CCCc3ccccc32)C1=O. The number of imide groups is 1. The first kappa shape index (κ1) is 15.5. The van der Waals surface area contributed by atoms with Gasteiger partial charge in [-0.2, -0.15) is 0 Å². The van der Waals surface area contributed by atoms with Gasteiger partial charge in [0.15, 0.2) is 0 Å². The van der Waals surface area contributed by atoms with Crippen LogP contribution in [0.4, 0.5) is 4.79 Å². The highest BCUT2D eigenvalue weighted by Gasteiger charge is 2.54. The summed E-state index contributed by atoms with van der Waals surface area (Å²) in [5.41, 5.74) is 0.947. The van der Waals surface area contributed by atoms with Crippen molar-refractivity contribution in [2.45, 2.75) is 38.1 Å². The van der Waals surface area contributed by atoms with Crippen molar-refractivity contribution >= 4 is 17.8 Å². The van der Waals surface area contributed by atoms with Crippen molar-refractivity contribution in [1.29, 1.82) is 0 Å². The lowest BCUT2D eigenvalue weighted by atomic mass is 9.76. The van der Waals surface area contributed by atoms with Crippen LogP contribution >= 0.6 is 0 Å². The van der Waals surface area contributed by atoms with E-state index in [4.69, 9.17) is 0 Å². The van der Waals surface area contributed by atoms with Crippen LogP contribution in [0.2, 0.25) is 0 Å². The average molecular weight is 315 g/mol. The van der Waals surface area contributed by atoms with Crippen LogP contribution in [0.15, 0.2) is 24.3 Å². The molecule has 1 heterocycles. The number of hydrogen-bond donors (Lipinski definition) is 2. The Labute approximate surface area is 135 Å². The summed E-state index contributed by atoms with van der Waals surface area (Å²) in [6.45, 7) is 2.26. The van der Waals surface area contributed by atoms with Gasteiger partial charge in [0.05, 0.1) is 0 Å². The van der Waals surface area contributed by atoms with E-state index in [0.29, 0.717) is 13.0 Å². The monoisotopic (exact) mass is 315 g/mol. The van der Waals surface area contributed by atoms with E-state index in [-0.39, 0.29) is 18.4 Å². The molecule has 2 aliphatic rings. The highest BCUT2D eigenvalue weighted by Crippen LogP contribution is 2.39. The summed E-state index contributed by atoms with van der Waals surface area (Å²) in [7, 11) is 0. The fourth-order valence-corrected chi connectivity index (χ4v) is 3.42. The van der Waals surface area contributed by atoms with Crippen LogP contribution in [-0.4, -0.2) is 35.8 Å². The lowest BCUT2D eigenvalue weighted by molar-refractivity contribution is -0.135. The Morgan fingerprint density at radius 3 is 2.91 bits per heavy atom. The van der Waals surface area contributed by atoms with Gasteiger partial charge in [-0.05, 0) is 36.8 Å². The lowest BCUT2D eigenvalue weighted by Crippen LogP contribution is -2.47. The molecule has 1 spiro atoms. The second-order valence-electron chi connectivity index (χ2n) is 6.09. The molecule has 1 aromatic rings. The van der Waals surface area contributed by atoms with E-state index >= 15 is 0 Å². The zero-order chi connectivity index (χ0) is 16.4. The van der Waals surface area contributed by atoms with Crippen molar-refractivity contribution < 1.29 is 14.4 Å². The van der Waals surface area contributed by atoms with Crippen LogP contribution in [0.3, 0.4) is 0 Å². The summed E-state index contributed by atoms with van der Waals surface area (Å²) in [6, 6.07) is 7.22. The number of carbonyl (C=O) groups excluding carboxylic acids is 3. The molecule has 1 saturated heterocycles. The van der Waals surface area contributed by atoms with Gasteiger partial charge in [-0.3, -0.25) is 14.5 Å². The third kappa shape index (κ3) is 2.58. The fraction of sp³-hybridized carbons (Fsp3) is 0.471. The normalized spacial score (nSPS) is 22.9. The van der Waals surface area contributed by atoms with Crippen LogP contribution in [0.1, 0.15) is 37.3 Å². The van der Waals surface area contributed by atoms with Gasteiger partial charge in [0, 0.05) is 6.54 Å². The van der Waals surface area contributed by atoms with Gasteiger partial charge in [-0.1, -0.05) is 31.2 Å². The molecule has 2 N–H and O–H groups in total. The molecule has 1 aliphatic heterocycles. The standard InChI is InChI=1S/C17H21N3O3/c1-2-10-18-14(21)11-20-15(22)17(19-16(20)23)9-5-7-12-6-3-4-8-13(12)17/h3-4,6,8H,2,5,7,9-11H2,1H3,(H,18,21)(H,19,23). The second kappa shape index (κ2) is 6.02. The topological polar surface area (TPSA) is 78.5 Å². The minimum Gasteiger partial charge on any atom is -0.355 e. The quantitative estimate of drug-likeness (QED) is 0.822. The number of rotatable bonds is 4. The Morgan fingerprint density at radius 2 is 2.13 bits per heavy atom.